The largest absolute Gasteiger partial charge is 0.373 e. The van der Waals surface area contributed by atoms with Crippen molar-refractivity contribution in [2.24, 2.45) is 0 Å². The first kappa shape index (κ1) is 17.4. The second-order valence-electron chi connectivity index (χ2n) is 6.37. The molecule has 0 saturated carbocycles. The summed E-state index contributed by atoms with van der Waals surface area (Å²) >= 11 is 0. The molecular formula is C19H23N3O3. The lowest BCUT2D eigenvalue weighted by Gasteiger charge is -2.40. The van der Waals surface area contributed by atoms with Crippen LogP contribution in [0.5, 0.6) is 0 Å². The molecule has 2 atom stereocenters. The Morgan fingerprint density at radius 2 is 2.04 bits per heavy atom. The van der Waals surface area contributed by atoms with Gasteiger partial charge in [0.1, 0.15) is 0 Å². The predicted molar refractivity (Wildman–Crippen MR) is 95.6 cm³/mol. The second kappa shape index (κ2) is 7.63. The Hall–Kier alpha value is -2.44. The maximum absolute atomic E-state index is 12.6. The molecule has 1 aromatic carbocycles. The van der Waals surface area contributed by atoms with Gasteiger partial charge in [-0.1, -0.05) is 30.3 Å². The van der Waals surface area contributed by atoms with Gasteiger partial charge in [-0.25, -0.2) is 0 Å². The number of ether oxygens (including phenoxy) is 1. The number of nitrogens with one attached hydrogen (secondary N) is 1. The van der Waals surface area contributed by atoms with Crippen LogP contribution in [0.3, 0.4) is 0 Å². The molecule has 6 heteroatoms. The molecule has 1 amide bonds. The molecule has 132 valence electrons. The first-order valence-corrected chi connectivity index (χ1v) is 8.37. The average Bonchev–Trinajstić information content (AvgIpc) is 2.62. The molecule has 1 aliphatic rings. The molecule has 3 rings (SSSR count). The third-order valence-corrected chi connectivity index (χ3v) is 4.58. The van der Waals surface area contributed by atoms with E-state index in [4.69, 9.17) is 4.74 Å². The summed E-state index contributed by atoms with van der Waals surface area (Å²) in [6, 6.07) is 13.2. The van der Waals surface area contributed by atoms with Gasteiger partial charge in [0, 0.05) is 32.4 Å². The number of carbonyl (C=O) groups excluding carboxylic acids is 1. The Bertz CT molecular complexity index is 754. The van der Waals surface area contributed by atoms with E-state index in [1.165, 1.54) is 17.8 Å². The number of aromatic nitrogens is 1. The van der Waals surface area contributed by atoms with E-state index in [-0.39, 0.29) is 23.6 Å². The monoisotopic (exact) mass is 341 g/mol. The van der Waals surface area contributed by atoms with Gasteiger partial charge in [0.15, 0.2) is 0 Å². The Morgan fingerprint density at radius 1 is 1.28 bits per heavy atom. The highest BCUT2D eigenvalue weighted by Gasteiger charge is 2.33. The molecule has 25 heavy (non-hydrogen) atoms. The number of rotatable bonds is 4. The number of hydrogen-bond donors (Lipinski definition) is 1. The summed E-state index contributed by atoms with van der Waals surface area (Å²) in [6.45, 7) is 1.97. The maximum atomic E-state index is 12.6. The lowest BCUT2D eigenvalue weighted by Crippen LogP contribution is -2.48. The number of likely N-dealkylation sites (N-methyl/N-ethyl adjacent to an activating group) is 2. The number of carbonyl (C=O) groups is 1. The van der Waals surface area contributed by atoms with Crippen molar-refractivity contribution in [1.29, 1.82) is 0 Å². The van der Waals surface area contributed by atoms with Gasteiger partial charge in [0.2, 0.25) is 5.56 Å². The summed E-state index contributed by atoms with van der Waals surface area (Å²) in [5.41, 5.74) is 1.42. The third-order valence-electron chi connectivity index (χ3n) is 4.58. The Kier molecular flexibility index (Phi) is 5.31. The minimum atomic E-state index is -0.222. The van der Waals surface area contributed by atoms with Gasteiger partial charge in [-0.3, -0.25) is 14.5 Å². The number of H-pyrrole nitrogens is 1. The van der Waals surface area contributed by atoms with E-state index < -0.39 is 0 Å². The van der Waals surface area contributed by atoms with Crippen LogP contribution in [-0.4, -0.2) is 60.6 Å². The van der Waals surface area contributed by atoms with Crippen molar-refractivity contribution in [3.8, 4) is 0 Å². The lowest BCUT2D eigenvalue weighted by atomic mass is 9.98. The first-order chi connectivity index (χ1) is 12.1. The highest BCUT2D eigenvalue weighted by atomic mass is 16.5. The van der Waals surface area contributed by atoms with E-state index in [0.29, 0.717) is 18.7 Å². The summed E-state index contributed by atoms with van der Waals surface area (Å²) < 4.78 is 6.00. The fourth-order valence-electron chi connectivity index (χ4n) is 3.25. The third kappa shape index (κ3) is 3.97. The Morgan fingerprint density at radius 3 is 2.72 bits per heavy atom. The molecule has 0 unspecified atom stereocenters. The lowest BCUT2D eigenvalue weighted by molar-refractivity contribution is -0.0707. The molecule has 2 aromatic rings. The van der Waals surface area contributed by atoms with Gasteiger partial charge in [-0.05, 0) is 18.7 Å². The Balaban J connectivity index is 1.76. The highest BCUT2D eigenvalue weighted by molar-refractivity contribution is 5.93. The molecule has 1 saturated heterocycles. The average molecular weight is 341 g/mol. The van der Waals surface area contributed by atoms with Crippen molar-refractivity contribution in [2.45, 2.75) is 12.1 Å². The van der Waals surface area contributed by atoms with Crippen molar-refractivity contribution in [1.82, 2.24) is 14.8 Å². The van der Waals surface area contributed by atoms with Crippen molar-refractivity contribution < 1.29 is 9.53 Å². The zero-order valence-corrected chi connectivity index (χ0v) is 14.5. The van der Waals surface area contributed by atoms with E-state index >= 15 is 0 Å². The highest BCUT2D eigenvalue weighted by Crippen LogP contribution is 2.28. The number of aromatic amines is 1. The second-order valence-corrected chi connectivity index (χ2v) is 6.37. The summed E-state index contributed by atoms with van der Waals surface area (Å²) in [5, 5.41) is 0. The molecule has 1 fully saturated rings. The number of benzene rings is 1. The van der Waals surface area contributed by atoms with Crippen molar-refractivity contribution in [3.05, 3.63) is 70.1 Å². The quantitative estimate of drug-likeness (QED) is 0.916. The number of nitrogens with zero attached hydrogens (tertiary/aromatic N) is 2. The minimum Gasteiger partial charge on any atom is -0.373 e. The van der Waals surface area contributed by atoms with Gasteiger partial charge in [-0.15, -0.1) is 0 Å². The summed E-state index contributed by atoms with van der Waals surface area (Å²) in [7, 11) is 3.84. The summed E-state index contributed by atoms with van der Waals surface area (Å²) in [5.74, 6) is -0.139. The summed E-state index contributed by atoms with van der Waals surface area (Å²) in [4.78, 5) is 30.2. The molecule has 0 aliphatic carbocycles. The van der Waals surface area contributed by atoms with Crippen molar-refractivity contribution >= 4 is 5.91 Å². The number of pyridine rings is 1. The van der Waals surface area contributed by atoms with Crippen molar-refractivity contribution in [2.75, 3.05) is 33.8 Å². The van der Waals surface area contributed by atoms with Gasteiger partial charge in [0.25, 0.3) is 5.91 Å². The van der Waals surface area contributed by atoms with Gasteiger partial charge in [-0.2, -0.15) is 0 Å². The maximum Gasteiger partial charge on any atom is 0.255 e. The Labute approximate surface area is 147 Å². The standard InChI is InChI=1S/C19H23N3O3/c1-21-10-11-25-16(18(21)14-6-4-3-5-7-14)13-22(2)19(24)15-8-9-17(23)20-12-15/h3-9,12,16,18H,10-11,13H2,1-2H3,(H,20,23)/t16-,18-/m0/s1. The molecule has 2 heterocycles. The van der Waals surface area contributed by atoms with Crippen LogP contribution in [0.4, 0.5) is 0 Å². The van der Waals surface area contributed by atoms with E-state index in [9.17, 15) is 9.59 Å². The fourth-order valence-corrected chi connectivity index (χ4v) is 3.25. The SMILES string of the molecule is CN(C[C@@H]1OCCN(C)[C@H]1c1ccccc1)C(=O)c1ccc(=O)[nH]c1. The topological polar surface area (TPSA) is 65.6 Å². The molecule has 6 nitrogen and oxygen atoms in total. The van der Waals surface area contributed by atoms with Gasteiger partial charge < -0.3 is 14.6 Å². The zero-order chi connectivity index (χ0) is 17.8. The van der Waals surface area contributed by atoms with Crippen LogP contribution >= 0.6 is 0 Å². The minimum absolute atomic E-state index is 0.0979. The zero-order valence-electron chi connectivity index (χ0n) is 14.5. The van der Waals surface area contributed by atoms with Crippen LogP contribution in [0.25, 0.3) is 0 Å². The normalized spacial score (nSPS) is 21.0. The fraction of sp³-hybridized carbons (Fsp3) is 0.368. The predicted octanol–water partition coefficient (Wildman–Crippen LogP) is 1.52. The molecular weight excluding hydrogens is 318 g/mol. The molecule has 1 N–H and O–H groups in total. The van der Waals surface area contributed by atoms with E-state index in [1.807, 2.05) is 18.2 Å². The van der Waals surface area contributed by atoms with E-state index in [2.05, 4.69) is 29.1 Å². The van der Waals surface area contributed by atoms with Crippen LogP contribution in [-0.2, 0) is 4.74 Å². The van der Waals surface area contributed by atoms with Gasteiger partial charge in [0.05, 0.1) is 24.3 Å². The van der Waals surface area contributed by atoms with Crippen molar-refractivity contribution in [3.63, 3.8) is 0 Å². The smallest absolute Gasteiger partial charge is 0.255 e. The van der Waals surface area contributed by atoms with Crippen LogP contribution in [0.15, 0.2) is 53.5 Å². The molecule has 0 radical (unpaired) electrons. The first-order valence-electron chi connectivity index (χ1n) is 8.37. The van der Waals surface area contributed by atoms with E-state index in [0.717, 1.165) is 6.54 Å². The molecule has 1 aliphatic heterocycles. The van der Waals surface area contributed by atoms with Gasteiger partial charge >= 0.3 is 0 Å². The van der Waals surface area contributed by atoms with Crippen LogP contribution < -0.4 is 5.56 Å². The summed E-state index contributed by atoms with van der Waals surface area (Å²) in [6.07, 6.45) is 1.34. The van der Waals surface area contributed by atoms with Crippen LogP contribution in [0, 0.1) is 0 Å². The molecule has 0 bridgehead atoms. The van der Waals surface area contributed by atoms with E-state index in [1.54, 1.807) is 18.0 Å². The molecule has 0 spiro atoms. The number of morpholine rings is 1. The number of amides is 1. The number of hydrogen-bond acceptors (Lipinski definition) is 4. The van der Waals surface area contributed by atoms with Crippen LogP contribution in [0.2, 0.25) is 0 Å². The molecule has 1 aromatic heterocycles. The van der Waals surface area contributed by atoms with Crippen LogP contribution in [0.1, 0.15) is 22.0 Å².